The molecule has 6 heteroatoms. The number of carbonyl (C=O) groups is 1. The summed E-state index contributed by atoms with van der Waals surface area (Å²) in [7, 11) is 1.74. The number of amides is 1. The first kappa shape index (κ1) is 21.2. The predicted molar refractivity (Wildman–Crippen MR) is 112 cm³/mol. The predicted octanol–water partition coefficient (Wildman–Crippen LogP) is 2.12. The van der Waals surface area contributed by atoms with E-state index in [0.717, 1.165) is 19.6 Å². The smallest absolute Gasteiger partial charge is 0.239 e. The minimum absolute atomic E-state index is 0.0335. The van der Waals surface area contributed by atoms with Gasteiger partial charge in [-0.2, -0.15) is 0 Å². The zero-order valence-electron chi connectivity index (χ0n) is 17.2. The third kappa shape index (κ3) is 7.99. The summed E-state index contributed by atoms with van der Waals surface area (Å²) in [5.74, 6) is 0.637. The summed E-state index contributed by atoms with van der Waals surface area (Å²) in [6, 6.07) is 11.1. The Balaban J connectivity index is 1.81. The Morgan fingerprint density at radius 3 is 2.59 bits per heavy atom. The lowest BCUT2D eigenvalue weighted by Crippen LogP contribution is -2.51. The van der Waals surface area contributed by atoms with Crippen molar-refractivity contribution in [2.45, 2.75) is 58.2 Å². The molecule has 150 valence electrons. The molecule has 1 aromatic carbocycles. The van der Waals surface area contributed by atoms with Crippen LogP contribution in [0.4, 0.5) is 0 Å². The maximum absolute atomic E-state index is 12.0. The van der Waals surface area contributed by atoms with E-state index in [1.165, 1.54) is 24.8 Å². The van der Waals surface area contributed by atoms with Gasteiger partial charge in [0.2, 0.25) is 5.91 Å². The normalized spacial score (nSPS) is 18.8. The average Bonchev–Trinajstić information content (AvgIpc) is 2.62. The van der Waals surface area contributed by atoms with Crippen molar-refractivity contribution < 1.29 is 4.79 Å². The van der Waals surface area contributed by atoms with E-state index < -0.39 is 0 Å². The summed E-state index contributed by atoms with van der Waals surface area (Å²) < 4.78 is 0. The van der Waals surface area contributed by atoms with Gasteiger partial charge in [0.15, 0.2) is 5.96 Å². The van der Waals surface area contributed by atoms with Gasteiger partial charge in [-0.3, -0.25) is 14.7 Å². The average molecular weight is 374 g/mol. The first-order chi connectivity index (χ1) is 12.9. The second-order valence-corrected chi connectivity index (χ2v) is 8.21. The van der Waals surface area contributed by atoms with E-state index in [1.807, 2.05) is 20.8 Å². The number of piperidine rings is 1. The Bertz CT molecular complexity index is 609. The molecule has 1 atom stereocenters. The summed E-state index contributed by atoms with van der Waals surface area (Å²) in [4.78, 5) is 18.8. The van der Waals surface area contributed by atoms with E-state index in [-0.39, 0.29) is 18.0 Å². The molecule has 0 spiro atoms. The number of nitrogens with zero attached hydrogens (tertiary/aromatic N) is 2. The summed E-state index contributed by atoms with van der Waals surface area (Å²) in [6.07, 6.45) is 3.70. The Labute approximate surface area is 163 Å². The van der Waals surface area contributed by atoms with Gasteiger partial charge in [-0.1, -0.05) is 36.8 Å². The maximum Gasteiger partial charge on any atom is 0.239 e. The highest BCUT2D eigenvalue weighted by Crippen LogP contribution is 2.19. The topological polar surface area (TPSA) is 68.8 Å². The van der Waals surface area contributed by atoms with Crippen molar-refractivity contribution >= 4 is 11.9 Å². The molecule has 0 aromatic heterocycles. The lowest BCUT2D eigenvalue weighted by Gasteiger charge is -2.36. The van der Waals surface area contributed by atoms with E-state index in [4.69, 9.17) is 0 Å². The van der Waals surface area contributed by atoms with E-state index in [2.05, 4.69) is 56.2 Å². The molecule has 0 aliphatic carbocycles. The number of carbonyl (C=O) groups excluding carboxylic acids is 1. The van der Waals surface area contributed by atoms with Crippen molar-refractivity contribution in [3.8, 4) is 0 Å². The monoisotopic (exact) mass is 373 g/mol. The number of benzene rings is 1. The fraction of sp³-hybridized carbons (Fsp3) is 0.619. The molecular weight excluding hydrogens is 338 g/mol. The largest absolute Gasteiger partial charge is 0.355 e. The van der Waals surface area contributed by atoms with Crippen LogP contribution in [0.3, 0.4) is 0 Å². The van der Waals surface area contributed by atoms with Crippen molar-refractivity contribution in [2.75, 3.05) is 26.7 Å². The Morgan fingerprint density at radius 1 is 1.19 bits per heavy atom. The van der Waals surface area contributed by atoms with Crippen LogP contribution < -0.4 is 16.0 Å². The van der Waals surface area contributed by atoms with Crippen LogP contribution in [-0.4, -0.2) is 55.0 Å². The number of hydrogen-bond donors (Lipinski definition) is 3. The minimum Gasteiger partial charge on any atom is -0.355 e. The summed E-state index contributed by atoms with van der Waals surface area (Å²) >= 11 is 0. The van der Waals surface area contributed by atoms with Crippen LogP contribution in [0.5, 0.6) is 0 Å². The first-order valence-electron chi connectivity index (χ1n) is 9.91. The number of nitrogens with one attached hydrogen (secondary N) is 3. The highest BCUT2D eigenvalue weighted by Gasteiger charge is 2.22. The van der Waals surface area contributed by atoms with E-state index >= 15 is 0 Å². The van der Waals surface area contributed by atoms with Crippen LogP contribution in [0.15, 0.2) is 35.3 Å². The van der Waals surface area contributed by atoms with Gasteiger partial charge in [-0.15, -0.1) is 0 Å². The second-order valence-electron chi connectivity index (χ2n) is 8.21. The van der Waals surface area contributed by atoms with Gasteiger partial charge in [0.25, 0.3) is 0 Å². The molecule has 3 N–H and O–H groups in total. The van der Waals surface area contributed by atoms with Crippen LogP contribution in [0.25, 0.3) is 0 Å². The third-order valence-corrected chi connectivity index (χ3v) is 4.64. The molecule has 1 unspecified atom stereocenters. The molecular formula is C21H35N5O. The highest BCUT2D eigenvalue weighted by molar-refractivity contribution is 5.86. The molecule has 0 bridgehead atoms. The molecule has 1 aliphatic heterocycles. The van der Waals surface area contributed by atoms with E-state index in [9.17, 15) is 4.79 Å². The molecule has 6 nitrogen and oxygen atoms in total. The van der Waals surface area contributed by atoms with Crippen LogP contribution in [0.2, 0.25) is 0 Å². The quantitative estimate of drug-likeness (QED) is 0.528. The zero-order chi connectivity index (χ0) is 19.7. The van der Waals surface area contributed by atoms with Gasteiger partial charge in [-0.05, 0) is 45.7 Å². The zero-order valence-corrected chi connectivity index (χ0v) is 17.2. The molecule has 0 radical (unpaired) electrons. The van der Waals surface area contributed by atoms with Gasteiger partial charge in [0, 0.05) is 31.7 Å². The number of aliphatic imine (C=N–C) groups is 1. The standard InChI is InChI=1S/C21H35N5O/c1-21(2,3)25-19(27)15-24-20(22-4)23-14-18-12-8-9-13-26(18)16-17-10-6-5-7-11-17/h5-7,10-11,18H,8-9,12-16H2,1-4H3,(H,25,27)(H2,22,23,24). The van der Waals surface area contributed by atoms with Crippen molar-refractivity contribution in [3.05, 3.63) is 35.9 Å². The molecule has 2 rings (SSSR count). The fourth-order valence-electron chi connectivity index (χ4n) is 3.38. The Kier molecular flexibility index (Phi) is 8.10. The van der Waals surface area contributed by atoms with Gasteiger partial charge in [0.05, 0.1) is 6.54 Å². The molecule has 1 heterocycles. The molecule has 1 amide bonds. The lowest BCUT2D eigenvalue weighted by molar-refractivity contribution is -0.121. The van der Waals surface area contributed by atoms with Gasteiger partial charge in [-0.25, -0.2) is 0 Å². The fourth-order valence-corrected chi connectivity index (χ4v) is 3.38. The van der Waals surface area contributed by atoms with Crippen molar-refractivity contribution in [1.29, 1.82) is 0 Å². The molecule has 1 saturated heterocycles. The molecule has 1 aromatic rings. The van der Waals surface area contributed by atoms with Crippen molar-refractivity contribution in [1.82, 2.24) is 20.9 Å². The number of guanidine groups is 1. The maximum atomic E-state index is 12.0. The Morgan fingerprint density at radius 2 is 1.93 bits per heavy atom. The summed E-state index contributed by atoms with van der Waals surface area (Å²) in [5.41, 5.74) is 1.13. The van der Waals surface area contributed by atoms with Gasteiger partial charge in [0.1, 0.15) is 0 Å². The molecule has 1 fully saturated rings. The number of hydrogen-bond acceptors (Lipinski definition) is 3. The highest BCUT2D eigenvalue weighted by atomic mass is 16.2. The van der Waals surface area contributed by atoms with E-state index in [0.29, 0.717) is 12.0 Å². The minimum atomic E-state index is -0.226. The molecule has 1 aliphatic rings. The Hall–Kier alpha value is -2.08. The van der Waals surface area contributed by atoms with Gasteiger partial charge >= 0.3 is 0 Å². The van der Waals surface area contributed by atoms with Crippen molar-refractivity contribution in [2.24, 2.45) is 4.99 Å². The lowest BCUT2D eigenvalue weighted by atomic mass is 10.0. The first-order valence-corrected chi connectivity index (χ1v) is 9.91. The van der Waals surface area contributed by atoms with E-state index in [1.54, 1.807) is 7.05 Å². The molecule has 0 saturated carbocycles. The van der Waals surface area contributed by atoms with Crippen LogP contribution >= 0.6 is 0 Å². The van der Waals surface area contributed by atoms with Crippen LogP contribution in [0.1, 0.15) is 45.6 Å². The van der Waals surface area contributed by atoms with Crippen molar-refractivity contribution in [3.63, 3.8) is 0 Å². The van der Waals surface area contributed by atoms with Crippen LogP contribution in [-0.2, 0) is 11.3 Å². The third-order valence-electron chi connectivity index (χ3n) is 4.64. The summed E-state index contributed by atoms with van der Waals surface area (Å²) in [5, 5.41) is 9.44. The number of rotatable bonds is 6. The second kappa shape index (κ2) is 10.3. The van der Waals surface area contributed by atoms with Gasteiger partial charge < -0.3 is 16.0 Å². The molecule has 27 heavy (non-hydrogen) atoms. The number of likely N-dealkylation sites (tertiary alicyclic amines) is 1. The van der Waals surface area contributed by atoms with Crippen LogP contribution in [0, 0.1) is 0 Å². The summed E-state index contributed by atoms with van der Waals surface area (Å²) in [6.45, 7) is 9.07. The SMILES string of the molecule is CN=C(NCC(=O)NC(C)(C)C)NCC1CCCCN1Cc1ccccc1.